The van der Waals surface area contributed by atoms with Gasteiger partial charge >= 0.3 is 0 Å². The lowest BCUT2D eigenvalue weighted by Gasteiger charge is -2.36. The monoisotopic (exact) mass is 246 g/mol. The number of nitrogens with two attached hydrogens (primary N) is 1. The van der Waals surface area contributed by atoms with Crippen molar-refractivity contribution in [2.45, 2.75) is 52.5 Å². The third-order valence-electron chi connectivity index (χ3n) is 4.31. The van der Waals surface area contributed by atoms with Crippen molar-refractivity contribution in [3.05, 3.63) is 23.8 Å². The standard InChI is InChI=1S/C16H26N2/c1-11(2)13-8-4-5-10-15(13)18-16-12(3)7-6-9-14(16)17/h6-7,9,11,13,15,18H,4-5,8,10,17H2,1-3H3. The van der Waals surface area contributed by atoms with Crippen molar-refractivity contribution in [3.63, 3.8) is 0 Å². The third-order valence-corrected chi connectivity index (χ3v) is 4.31. The molecule has 1 aromatic rings. The predicted molar refractivity (Wildman–Crippen MR) is 79.8 cm³/mol. The molecule has 0 bridgehead atoms. The Hall–Kier alpha value is -1.18. The van der Waals surface area contributed by atoms with E-state index < -0.39 is 0 Å². The number of hydrogen-bond donors (Lipinski definition) is 2. The number of anilines is 2. The van der Waals surface area contributed by atoms with Crippen molar-refractivity contribution in [3.8, 4) is 0 Å². The molecule has 18 heavy (non-hydrogen) atoms. The normalized spacial score (nSPS) is 24.2. The number of aryl methyl sites for hydroxylation is 1. The van der Waals surface area contributed by atoms with Crippen LogP contribution in [0.5, 0.6) is 0 Å². The summed E-state index contributed by atoms with van der Waals surface area (Å²) < 4.78 is 0. The van der Waals surface area contributed by atoms with E-state index in [1.807, 2.05) is 12.1 Å². The summed E-state index contributed by atoms with van der Waals surface area (Å²) in [5.74, 6) is 1.52. The van der Waals surface area contributed by atoms with Crippen LogP contribution in [0.15, 0.2) is 18.2 Å². The average Bonchev–Trinajstić information content (AvgIpc) is 2.34. The lowest BCUT2D eigenvalue weighted by atomic mass is 9.77. The molecule has 1 saturated carbocycles. The van der Waals surface area contributed by atoms with E-state index in [-0.39, 0.29) is 0 Å². The van der Waals surface area contributed by atoms with Crippen molar-refractivity contribution in [2.75, 3.05) is 11.1 Å². The van der Waals surface area contributed by atoms with Crippen LogP contribution in [-0.4, -0.2) is 6.04 Å². The molecule has 1 fully saturated rings. The number of nitrogens with one attached hydrogen (secondary N) is 1. The first-order valence-corrected chi connectivity index (χ1v) is 7.21. The van der Waals surface area contributed by atoms with Gasteiger partial charge in [-0.2, -0.15) is 0 Å². The van der Waals surface area contributed by atoms with Crippen molar-refractivity contribution in [1.29, 1.82) is 0 Å². The van der Waals surface area contributed by atoms with Crippen LogP contribution in [0.1, 0.15) is 45.1 Å². The highest BCUT2D eigenvalue weighted by molar-refractivity contribution is 5.70. The minimum atomic E-state index is 0.585. The molecule has 0 amide bonds. The molecule has 1 aliphatic carbocycles. The first-order chi connectivity index (χ1) is 8.59. The van der Waals surface area contributed by atoms with E-state index in [2.05, 4.69) is 32.2 Å². The summed E-state index contributed by atoms with van der Waals surface area (Å²) in [7, 11) is 0. The van der Waals surface area contributed by atoms with Crippen LogP contribution in [0.3, 0.4) is 0 Å². The van der Waals surface area contributed by atoms with Gasteiger partial charge in [-0.1, -0.05) is 38.8 Å². The molecular formula is C16H26N2. The van der Waals surface area contributed by atoms with Gasteiger partial charge in [-0.3, -0.25) is 0 Å². The first kappa shape index (κ1) is 13.3. The molecule has 3 N–H and O–H groups in total. The van der Waals surface area contributed by atoms with E-state index in [9.17, 15) is 0 Å². The molecule has 0 spiro atoms. The Morgan fingerprint density at radius 1 is 1.22 bits per heavy atom. The van der Waals surface area contributed by atoms with Crippen LogP contribution < -0.4 is 11.1 Å². The predicted octanol–water partition coefficient (Wildman–Crippen LogP) is 4.20. The maximum Gasteiger partial charge on any atom is 0.0605 e. The highest BCUT2D eigenvalue weighted by atomic mass is 14.9. The summed E-state index contributed by atoms with van der Waals surface area (Å²) in [6.07, 6.45) is 5.34. The van der Waals surface area contributed by atoms with Crippen LogP contribution in [-0.2, 0) is 0 Å². The fourth-order valence-electron chi connectivity index (χ4n) is 3.21. The Morgan fingerprint density at radius 3 is 2.61 bits per heavy atom. The lowest BCUT2D eigenvalue weighted by molar-refractivity contribution is 0.254. The second-order valence-corrected chi connectivity index (χ2v) is 5.98. The zero-order valence-electron chi connectivity index (χ0n) is 11.9. The van der Waals surface area contributed by atoms with Gasteiger partial charge in [-0.25, -0.2) is 0 Å². The average molecular weight is 246 g/mol. The van der Waals surface area contributed by atoms with E-state index in [1.54, 1.807) is 0 Å². The van der Waals surface area contributed by atoms with E-state index in [4.69, 9.17) is 5.73 Å². The second-order valence-electron chi connectivity index (χ2n) is 5.98. The Balaban J connectivity index is 2.16. The maximum absolute atomic E-state index is 6.10. The zero-order chi connectivity index (χ0) is 13.1. The van der Waals surface area contributed by atoms with Gasteiger partial charge in [0.15, 0.2) is 0 Å². The zero-order valence-corrected chi connectivity index (χ0v) is 11.9. The minimum absolute atomic E-state index is 0.585. The maximum atomic E-state index is 6.10. The number of hydrogen-bond acceptors (Lipinski definition) is 2. The molecule has 1 aliphatic rings. The Labute approximate surface area is 111 Å². The molecule has 1 aromatic carbocycles. The van der Waals surface area contributed by atoms with Crippen molar-refractivity contribution in [2.24, 2.45) is 11.8 Å². The molecule has 0 heterocycles. The van der Waals surface area contributed by atoms with Gasteiger partial charge < -0.3 is 11.1 Å². The molecule has 2 unspecified atom stereocenters. The SMILES string of the molecule is Cc1cccc(N)c1NC1CCCCC1C(C)C. The van der Waals surface area contributed by atoms with Gasteiger partial charge in [0.25, 0.3) is 0 Å². The number of para-hydroxylation sites is 1. The van der Waals surface area contributed by atoms with Gasteiger partial charge in [-0.15, -0.1) is 0 Å². The molecule has 0 radical (unpaired) electrons. The summed E-state index contributed by atoms with van der Waals surface area (Å²) in [4.78, 5) is 0. The van der Waals surface area contributed by atoms with E-state index in [0.717, 1.165) is 23.2 Å². The number of nitrogen functional groups attached to an aromatic ring is 1. The number of benzene rings is 1. The quantitative estimate of drug-likeness (QED) is 0.784. The van der Waals surface area contributed by atoms with Crippen molar-refractivity contribution < 1.29 is 0 Å². The topological polar surface area (TPSA) is 38.0 Å². The molecule has 2 rings (SSSR count). The molecule has 0 aliphatic heterocycles. The van der Waals surface area contributed by atoms with E-state index in [0.29, 0.717) is 6.04 Å². The van der Waals surface area contributed by atoms with Crippen LogP contribution >= 0.6 is 0 Å². The Morgan fingerprint density at radius 2 is 1.94 bits per heavy atom. The highest BCUT2D eigenvalue weighted by Gasteiger charge is 2.27. The van der Waals surface area contributed by atoms with Crippen LogP contribution in [0, 0.1) is 18.8 Å². The van der Waals surface area contributed by atoms with Gasteiger partial charge in [0.1, 0.15) is 0 Å². The van der Waals surface area contributed by atoms with E-state index in [1.165, 1.54) is 31.2 Å². The van der Waals surface area contributed by atoms with Crippen LogP contribution in [0.4, 0.5) is 11.4 Å². The lowest BCUT2D eigenvalue weighted by Crippen LogP contribution is -2.35. The Kier molecular flexibility index (Phi) is 4.15. The minimum Gasteiger partial charge on any atom is -0.397 e. The molecule has 2 nitrogen and oxygen atoms in total. The fraction of sp³-hybridized carbons (Fsp3) is 0.625. The largest absolute Gasteiger partial charge is 0.397 e. The summed E-state index contributed by atoms with van der Waals surface area (Å²) in [5.41, 5.74) is 9.38. The second kappa shape index (κ2) is 5.64. The number of rotatable bonds is 3. The molecule has 2 atom stereocenters. The van der Waals surface area contributed by atoms with E-state index >= 15 is 0 Å². The third kappa shape index (κ3) is 2.80. The van der Waals surface area contributed by atoms with Crippen molar-refractivity contribution >= 4 is 11.4 Å². The van der Waals surface area contributed by atoms with Gasteiger partial charge in [0.2, 0.25) is 0 Å². The summed E-state index contributed by atoms with van der Waals surface area (Å²) in [6.45, 7) is 6.81. The molecule has 2 heteroatoms. The summed E-state index contributed by atoms with van der Waals surface area (Å²) >= 11 is 0. The fourth-order valence-corrected chi connectivity index (χ4v) is 3.21. The van der Waals surface area contributed by atoms with Gasteiger partial charge in [0.05, 0.1) is 11.4 Å². The van der Waals surface area contributed by atoms with Crippen molar-refractivity contribution in [1.82, 2.24) is 0 Å². The molecule has 0 saturated heterocycles. The van der Waals surface area contributed by atoms with Crippen LogP contribution in [0.2, 0.25) is 0 Å². The first-order valence-electron chi connectivity index (χ1n) is 7.21. The molecular weight excluding hydrogens is 220 g/mol. The highest BCUT2D eigenvalue weighted by Crippen LogP contribution is 2.34. The molecule has 100 valence electrons. The summed E-state index contributed by atoms with van der Waals surface area (Å²) in [6, 6.07) is 6.73. The van der Waals surface area contributed by atoms with Gasteiger partial charge in [0, 0.05) is 6.04 Å². The smallest absolute Gasteiger partial charge is 0.0605 e. The van der Waals surface area contributed by atoms with Gasteiger partial charge in [-0.05, 0) is 43.2 Å². The summed E-state index contributed by atoms with van der Waals surface area (Å²) in [5, 5.41) is 3.72. The Bertz CT molecular complexity index is 378. The molecule has 0 aromatic heterocycles. The van der Waals surface area contributed by atoms with Crippen LogP contribution in [0.25, 0.3) is 0 Å².